The number of ether oxygens (including phenoxy) is 1. The molecule has 3 aromatic rings. The van der Waals surface area contributed by atoms with Crippen LogP contribution in [-0.2, 0) is 16.6 Å². The Labute approximate surface area is 150 Å². The molecule has 1 aromatic heterocycles. The second-order valence-electron chi connectivity index (χ2n) is 7.31. The van der Waals surface area contributed by atoms with Crippen LogP contribution in [0, 0.1) is 5.82 Å². The quantitative estimate of drug-likeness (QED) is 0.596. The van der Waals surface area contributed by atoms with E-state index in [-0.39, 0.29) is 17.6 Å². The summed E-state index contributed by atoms with van der Waals surface area (Å²) in [5.41, 5.74) is 8.88. The van der Waals surface area contributed by atoms with Crippen LogP contribution in [0.2, 0.25) is 0 Å². The highest BCUT2D eigenvalue weighted by molar-refractivity contribution is 5.95. The predicted molar refractivity (Wildman–Crippen MR) is 99.2 cm³/mol. The number of fused-ring (bicyclic) bond motifs is 1. The van der Waals surface area contributed by atoms with E-state index < -0.39 is 11.8 Å². The highest BCUT2D eigenvalue weighted by Crippen LogP contribution is 2.37. The molecular weight excluding hydrogens is 335 g/mol. The zero-order valence-corrected chi connectivity index (χ0v) is 14.9. The first-order chi connectivity index (χ1) is 12.1. The van der Waals surface area contributed by atoms with Gasteiger partial charge in [-0.1, -0.05) is 26.8 Å². The van der Waals surface area contributed by atoms with Crippen LogP contribution < -0.4 is 10.5 Å². The number of nitrogen functional groups attached to an aromatic ring is 1. The maximum Gasteiger partial charge on any atom is 0.307 e. The van der Waals surface area contributed by atoms with Crippen molar-refractivity contribution in [2.24, 2.45) is 0 Å². The van der Waals surface area contributed by atoms with Crippen molar-refractivity contribution in [2.75, 3.05) is 5.73 Å². The Bertz CT molecular complexity index is 987. The molecule has 6 heteroatoms. The van der Waals surface area contributed by atoms with Crippen molar-refractivity contribution in [3.05, 3.63) is 53.5 Å². The molecule has 26 heavy (non-hydrogen) atoms. The Balaban J connectivity index is 1.94. The Morgan fingerprint density at radius 1 is 1.19 bits per heavy atom. The molecule has 0 saturated heterocycles. The Morgan fingerprint density at radius 2 is 1.88 bits per heavy atom. The molecule has 0 aliphatic rings. The minimum atomic E-state index is -1.02. The number of carboxylic acids is 1. The molecule has 0 bridgehead atoms. The maximum atomic E-state index is 14.2. The van der Waals surface area contributed by atoms with Gasteiger partial charge in [0.15, 0.2) is 17.3 Å². The lowest BCUT2D eigenvalue weighted by Crippen LogP contribution is -2.10. The van der Waals surface area contributed by atoms with E-state index in [9.17, 15) is 9.18 Å². The molecule has 3 rings (SSSR count). The Morgan fingerprint density at radius 3 is 2.50 bits per heavy atom. The summed E-state index contributed by atoms with van der Waals surface area (Å²) < 4.78 is 19.9. The van der Waals surface area contributed by atoms with Gasteiger partial charge < -0.3 is 20.6 Å². The van der Waals surface area contributed by atoms with E-state index in [2.05, 4.69) is 25.8 Å². The molecule has 0 radical (unpaired) electrons. The number of carboxylic acid groups (broad SMARTS) is 1. The van der Waals surface area contributed by atoms with Crippen molar-refractivity contribution in [2.45, 2.75) is 32.6 Å². The number of nitrogens with two attached hydrogens (primary N) is 1. The topological polar surface area (TPSA) is 88.3 Å². The van der Waals surface area contributed by atoms with Gasteiger partial charge in [-0.3, -0.25) is 4.79 Å². The number of benzene rings is 2. The summed E-state index contributed by atoms with van der Waals surface area (Å²) in [6, 6.07) is 9.60. The molecule has 4 N–H and O–H groups in total. The van der Waals surface area contributed by atoms with Crippen LogP contribution in [0.25, 0.3) is 10.9 Å². The lowest BCUT2D eigenvalue weighted by Gasteiger charge is -2.15. The average molecular weight is 356 g/mol. The first kappa shape index (κ1) is 17.8. The van der Waals surface area contributed by atoms with Crippen LogP contribution in [-0.4, -0.2) is 16.1 Å². The SMILES string of the molecule is CC(C)(C)c1cc2c(N)c(Oc3ccc(CC(=O)O)cc3F)ccc2[nH]1. The number of rotatable bonds is 4. The molecule has 0 unspecified atom stereocenters. The van der Waals surface area contributed by atoms with E-state index in [0.717, 1.165) is 22.7 Å². The van der Waals surface area contributed by atoms with Crippen molar-refractivity contribution in [3.8, 4) is 11.5 Å². The van der Waals surface area contributed by atoms with Crippen LogP contribution in [0.15, 0.2) is 36.4 Å². The molecule has 1 heterocycles. The summed E-state index contributed by atoms with van der Waals surface area (Å²) in [4.78, 5) is 14.1. The van der Waals surface area contributed by atoms with Gasteiger partial charge in [0, 0.05) is 22.0 Å². The highest BCUT2D eigenvalue weighted by Gasteiger charge is 2.19. The first-order valence-corrected chi connectivity index (χ1v) is 8.25. The molecule has 0 saturated carbocycles. The highest BCUT2D eigenvalue weighted by atomic mass is 19.1. The van der Waals surface area contributed by atoms with E-state index in [1.807, 2.05) is 12.1 Å². The number of H-pyrrole nitrogens is 1. The second kappa shape index (κ2) is 6.37. The zero-order valence-electron chi connectivity index (χ0n) is 14.9. The fraction of sp³-hybridized carbons (Fsp3) is 0.250. The molecule has 0 atom stereocenters. The minimum Gasteiger partial charge on any atom is -0.481 e. The summed E-state index contributed by atoms with van der Waals surface area (Å²) >= 11 is 0. The molecule has 136 valence electrons. The normalized spacial score (nSPS) is 11.7. The standard InChI is InChI=1S/C20H21FN2O3/c1-20(2,3)17-10-12-14(23-17)5-7-16(19(12)22)26-15-6-4-11(8-13(15)21)9-18(24)25/h4-8,10,23H,9,22H2,1-3H3,(H,24,25). The lowest BCUT2D eigenvalue weighted by molar-refractivity contribution is -0.136. The van der Waals surface area contributed by atoms with Crippen molar-refractivity contribution in [3.63, 3.8) is 0 Å². The van der Waals surface area contributed by atoms with Crippen LogP contribution in [0.4, 0.5) is 10.1 Å². The number of halogens is 1. The number of nitrogens with one attached hydrogen (secondary N) is 1. The van der Waals surface area contributed by atoms with Gasteiger partial charge in [0.25, 0.3) is 0 Å². The van der Waals surface area contributed by atoms with Gasteiger partial charge >= 0.3 is 5.97 Å². The van der Waals surface area contributed by atoms with E-state index in [0.29, 0.717) is 17.0 Å². The van der Waals surface area contributed by atoms with Crippen LogP contribution in [0.1, 0.15) is 32.0 Å². The van der Waals surface area contributed by atoms with E-state index >= 15 is 0 Å². The van der Waals surface area contributed by atoms with Crippen molar-refractivity contribution >= 4 is 22.6 Å². The number of hydrogen-bond acceptors (Lipinski definition) is 3. The average Bonchev–Trinajstić information content (AvgIpc) is 2.97. The molecule has 0 amide bonds. The smallest absolute Gasteiger partial charge is 0.307 e. The third-order valence-corrected chi connectivity index (χ3v) is 4.18. The number of carbonyl (C=O) groups is 1. The van der Waals surface area contributed by atoms with Gasteiger partial charge in [0.1, 0.15) is 0 Å². The van der Waals surface area contributed by atoms with Gasteiger partial charge in [0.05, 0.1) is 12.1 Å². The first-order valence-electron chi connectivity index (χ1n) is 8.25. The van der Waals surface area contributed by atoms with Gasteiger partial charge in [-0.25, -0.2) is 4.39 Å². The minimum absolute atomic E-state index is 0.00299. The summed E-state index contributed by atoms with van der Waals surface area (Å²) in [6.07, 6.45) is -0.246. The maximum absolute atomic E-state index is 14.2. The van der Waals surface area contributed by atoms with Gasteiger partial charge in [-0.15, -0.1) is 0 Å². The monoisotopic (exact) mass is 356 g/mol. The van der Waals surface area contributed by atoms with Crippen LogP contribution in [0.5, 0.6) is 11.5 Å². The van der Waals surface area contributed by atoms with Gasteiger partial charge in [-0.05, 0) is 35.9 Å². The number of aliphatic carboxylic acids is 1. The molecular formula is C20H21FN2O3. The third kappa shape index (κ3) is 3.49. The Hall–Kier alpha value is -3.02. The van der Waals surface area contributed by atoms with E-state index in [4.69, 9.17) is 15.6 Å². The second-order valence-corrected chi connectivity index (χ2v) is 7.31. The summed E-state index contributed by atoms with van der Waals surface area (Å²) in [5.74, 6) is -1.30. The summed E-state index contributed by atoms with van der Waals surface area (Å²) in [5, 5.41) is 9.60. The number of hydrogen-bond donors (Lipinski definition) is 3. The number of aromatic nitrogens is 1. The molecule has 0 aliphatic carbocycles. The Kier molecular flexibility index (Phi) is 4.36. The van der Waals surface area contributed by atoms with Gasteiger partial charge in [0.2, 0.25) is 0 Å². The fourth-order valence-electron chi connectivity index (χ4n) is 2.73. The van der Waals surface area contributed by atoms with Crippen molar-refractivity contribution in [1.29, 1.82) is 0 Å². The van der Waals surface area contributed by atoms with E-state index in [1.165, 1.54) is 12.1 Å². The summed E-state index contributed by atoms with van der Waals surface area (Å²) in [7, 11) is 0. The molecule has 0 fully saturated rings. The predicted octanol–water partition coefficient (Wildman–Crippen LogP) is 4.61. The largest absolute Gasteiger partial charge is 0.481 e. The number of aromatic amines is 1. The fourth-order valence-corrected chi connectivity index (χ4v) is 2.73. The lowest BCUT2D eigenvalue weighted by atomic mass is 9.92. The van der Waals surface area contributed by atoms with Crippen LogP contribution >= 0.6 is 0 Å². The zero-order chi connectivity index (χ0) is 19.1. The summed E-state index contributed by atoms with van der Waals surface area (Å²) in [6.45, 7) is 6.29. The van der Waals surface area contributed by atoms with Crippen molar-refractivity contribution in [1.82, 2.24) is 4.98 Å². The number of anilines is 1. The third-order valence-electron chi connectivity index (χ3n) is 4.18. The molecule has 0 aliphatic heterocycles. The van der Waals surface area contributed by atoms with E-state index in [1.54, 1.807) is 6.07 Å². The molecule has 5 nitrogen and oxygen atoms in total. The van der Waals surface area contributed by atoms with Crippen LogP contribution in [0.3, 0.4) is 0 Å². The molecule has 2 aromatic carbocycles. The van der Waals surface area contributed by atoms with Gasteiger partial charge in [-0.2, -0.15) is 0 Å². The van der Waals surface area contributed by atoms with Crippen molar-refractivity contribution < 1.29 is 19.0 Å². The molecule has 0 spiro atoms.